The molecule has 0 saturated carbocycles. The van der Waals surface area contributed by atoms with Crippen LogP contribution in [0.4, 0.5) is 0 Å². The number of Topliss-reactive ketones (excluding diaryl/α,β-unsaturated/α-hetero) is 1. The highest BCUT2D eigenvalue weighted by Crippen LogP contribution is 2.19. The van der Waals surface area contributed by atoms with Crippen LogP contribution in [0.25, 0.3) is 10.9 Å². The van der Waals surface area contributed by atoms with Gasteiger partial charge in [0, 0.05) is 19.2 Å². The molecule has 8 heteroatoms. The Balaban J connectivity index is 1.53. The van der Waals surface area contributed by atoms with Crippen LogP contribution in [0, 0.1) is 0 Å². The number of aromatic nitrogens is 3. The second-order valence-corrected chi connectivity index (χ2v) is 8.07. The van der Waals surface area contributed by atoms with E-state index in [9.17, 15) is 9.59 Å². The molecule has 0 aliphatic carbocycles. The molecule has 0 bridgehead atoms. The molecule has 29 heavy (non-hydrogen) atoms. The van der Waals surface area contributed by atoms with Crippen LogP contribution in [-0.4, -0.2) is 58.9 Å². The number of nitrogens with one attached hydrogen (secondary N) is 2. The van der Waals surface area contributed by atoms with Gasteiger partial charge < -0.3 is 14.6 Å². The second kappa shape index (κ2) is 9.39. The average molecular weight is 414 g/mol. The molecule has 1 aliphatic rings. The van der Waals surface area contributed by atoms with Gasteiger partial charge in [0.25, 0.3) is 5.56 Å². The Kier molecular flexibility index (Phi) is 6.43. The summed E-state index contributed by atoms with van der Waals surface area (Å²) in [6.07, 6.45) is 2.61. The number of para-hydroxylation sites is 1. The number of aromatic amines is 1. The lowest BCUT2D eigenvalue weighted by Gasteiger charge is -2.24. The quantitative estimate of drug-likeness (QED) is 0.327. The van der Waals surface area contributed by atoms with Crippen LogP contribution >= 0.6 is 11.8 Å². The van der Waals surface area contributed by atoms with Crippen molar-refractivity contribution in [2.45, 2.75) is 18.1 Å². The molecule has 4 rings (SSSR count). The molecule has 0 atom stereocenters. The van der Waals surface area contributed by atoms with Crippen LogP contribution in [-0.2, 0) is 11.3 Å². The Labute approximate surface area is 173 Å². The molecule has 1 aliphatic heterocycles. The number of fused-ring (bicyclic) bond motifs is 1. The summed E-state index contributed by atoms with van der Waals surface area (Å²) < 4.78 is 7.14. The van der Waals surface area contributed by atoms with E-state index in [4.69, 9.17) is 9.72 Å². The van der Waals surface area contributed by atoms with Crippen molar-refractivity contribution < 1.29 is 14.4 Å². The summed E-state index contributed by atoms with van der Waals surface area (Å²) in [5.41, 5.74) is 1.20. The number of ketones is 1. The van der Waals surface area contributed by atoms with Gasteiger partial charge in [-0.25, -0.2) is 4.98 Å². The number of ether oxygens (including phenoxy) is 1. The maximum Gasteiger partial charge on any atom is 0.262 e. The molecule has 1 saturated heterocycles. The summed E-state index contributed by atoms with van der Waals surface area (Å²) in [5, 5.41) is 1.22. The zero-order valence-corrected chi connectivity index (χ0v) is 17.0. The molecule has 3 aromatic rings. The molecule has 3 heterocycles. The number of nitrogens with zero attached hydrogens (tertiary/aromatic N) is 2. The highest BCUT2D eigenvalue weighted by Gasteiger charge is 2.16. The lowest BCUT2D eigenvalue weighted by Crippen LogP contribution is -3.14. The highest BCUT2D eigenvalue weighted by atomic mass is 32.2. The minimum absolute atomic E-state index is 0.00767. The summed E-state index contributed by atoms with van der Waals surface area (Å²) in [6, 6.07) is 10.9. The fourth-order valence-electron chi connectivity index (χ4n) is 3.56. The number of hydrogen-bond acceptors (Lipinski definition) is 5. The number of thioether (sulfide) groups is 1. The van der Waals surface area contributed by atoms with Crippen molar-refractivity contribution in [1.82, 2.24) is 14.5 Å². The van der Waals surface area contributed by atoms with Gasteiger partial charge in [-0.3, -0.25) is 14.2 Å². The zero-order chi connectivity index (χ0) is 20.1. The summed E-state index contributed by atoms with van der Waals surface area (Å²) in [6.45, 7) is 5.21. The summed E-state index contributed by atoms with van der Waals surface area (Å²) in [4.78, 5) is 34.6. The predicted octanol–water partition coefficient (Wildman–Crippen LogP) is 1.00. The van der Waals surface area contributed by atoms with Crippen molar-refractivity contribution in [2.75, 3.05) is 38.6 Å². The molecule has 2 N–H and O–H groups in total. The first-order valence-electron chi connectivity index (χ1n) is 9.92. The van der Waals surface area contributed by atoms with Crippen molar-refractivity contribution in [2.24, 2.45) is 0 Å². The van der Waals surface area contributed by atoms with E-state index in [1.54, 1.807) is 22.9 Å². The summed E-state index contributed by atoms with van der Waals surface area (Å²) >= 11 is 1.32. The SMILES string of the molecule is O=C(CSc1nc2ccccc2c(=O)n1CCC[NH+]1CCOCC1)c1ccc[nH]1. The number of carbonyl (C=O) groups is 1. The lowest BCUT2D eigenvalue weighted by atomic mass is 10.2. The molecule has 2 aromatic heterocycles. The van der Waals surface area contributed by atoms with Crippen molar-refractivity contribution in [3.8, 4) is 0 Å². The van der Waals surface area contributed by atoms with Crippen molar-refractivity contribution in [3.05, 3.63) is 58.6 Å². The van der Waals surface area contributed by atoms with Crippen LogP contribution in [0.3, 0.4) is 0 Å². The van der Waals surface area contributed by atoms with Crippen molar-refractivity contribution in [1.29, 1.82) is 0 Å². The Bertz CT molecular complexity index is 1030. The van der Waals surface area contributed by atoms with Gasteiger partial charge in [0.15, 0.2) is 10.9 Å². The maximum absolute atomic E-state index is 13.1. The van der Waals surface area contributed by atoms with Crippen LogP contribution in [0.2, 0.25) is 0 Å². The van der Waals surface area contributed by atoms with E-state index in [1.165, 1.54) is 16.7 Å². The normalized spacial score (nSPS) is 15.0. The number of morpholine rings is 1. The van der Waals surface area contributed by atoms with Gasteiger partial charge in [0.05, 0.1) is 42.1 Å². The van der Waals surface area contributed by atoms with Crippen molar-refractivity contribution >= 4 is 28.4 Å². The number of rotatable bonds is 8. The summed E-state index contributed by atoms with van der Waals surface area (Å²) in [7, 11) is 0. The zero-order valence-electron chi connectivity index (χ0n) is 16.2. The maximum atomic E-state index is 13.1. The largest absolute Gasteiger partial charge is 0.370 e. The van der Waals surface area contributed by atoms with E-state index < -0.39 is 0 Å². The fourth-order valence-corrected chi connectivity index (χ4v) is 4.47. The van der Waals surface area contributed by atoms with Crippen LogP contribution in [0.15, 0.2) is 52.5 Å². The average Bonchev–Trinajstić information content (AvgIpc) is 3.30. The van der Waals surface area contributed by atoms with Gasteiger partial charge in [-0.05, 0) is 24.3 Å². The smallest absolute Gasteiger partial charge is 0.262 e. The minimum Gasteiger partial charge on any atom is -0.370 e. The third-order valence-electron chi connectivity index (χ3n) is 5.17. The van der Waals surface area contributed by atoms with Gasteiger partial charge in [0.2, 0.25) is 0 Å². The standard InChI is InChI=1S/C21H24N4O3S/c26-19(18-7-3-8-22-18)15-29-21-23-17-6-2-1-5-16(17)20(27)25(21)10-4-9-24-11-13-28-14-12-24/h1-3,5-8,22H,4,9-15H2/p+1. The number of benzene rings is 1. The van der Waals surface area contributed by atoms with Crippen LogP contribution in [0.1, 0.15) is 16.9 Å². The van der Waals surface area contributed by atoms with E-state index in [0.717, 1.165) is 39.3 Å². The molecule has 1 aromatic carbocycles. The van der Waals surface area contributed by atoms with Gasteiger partial charge in [0.1, 0.15) is 13.1 Å². The molecule has 0 spiro atoms. The monoisotopic (exact) mass is 413 g/mol. The second-order valence-electron chi connectivity index (χ2n) is 7.13. The molecule has 7 nitrogen and oxygen atoms in total. The third-order valence-corrected chi connectivity index (χ3v) is 6.15. The van der Waals surface area contributed by atoms with Gasteiger partial charge in [-0.1, -0.05) is 23.9 Å². The summed E-state index contributed by atoms with van der Waals surface area (Å²) in [5.74, 6) is 0.228. The molecule has 1 fully saturated rings. The number of quaternary nitrogens is 1. The first kappa shape index (κ1) is 19.9. The fraction of sp³-hybridized carbons (Fsp3) is 0.381. The molecule has 0 radical (unpaired) electrons. The number of hydrogen-bond donors (Lipinski definition) is 2. The van der Waals surface area contributed by atoms with Gasteiger partial charge in [-0.2, -0.15) is 0 Å². The number of carbonyl (C=O) groups excluding carboxylic acids is 1. The minimum atomic E-state index is -0.0394. The van der Waals surface area contributed by atoms with Gasteiger partial charge in [-0.15, -0.1) is 0 Å². The first-order chi connectivity index (χ1) is 14.2. The molecule has 0 amide bonds. The lowest BCUT2D eigenvalue weighted by molar-refractivity contribution is -0.908. The predicted molar refractivity (Wildman–Crippen MR) is 113 cm³/mol. The van der Waals surface area contributed by atoms with E-state index >= 15 is 0 Å². The van der Waals surface area contributed by atoms with Gasteiger partial charge >= 0.3 is 0 Å². The molecule has 152 valence electrons. The van der Waals surface area contributed by atoms with E-state index in [2.05, 4.69) is 4.98 Å². The van der Waals surface area contributed by atoms with Crippen molar-refractivity contribution in [3.63, 3.8) is 0 Å². The van der Waals surface area contributed by atoms with E-state index in [1.807, 2.05) is 24.3 Å². The Morgan fingerprint density at radius 3 is 2.83 bits per heavy atom. The van der Waals surface area contributed by atoms with Crippen LogP contribution in [0.5, 0.6) is 0 Å². The Morgan fingerprint density at radius 1 is 1.21 bits per heavy atom. The Hall–Kier alpha value is -2.42. The van der Waals surface area contributed by atoms with E-state index in [0.29, 0.717) is 28.3 Å². The van der Waals surface area contributed by atoms with Crippen LogP contribution < -0.4 is 10.5 Å². The Morgan fingerprint density at radius 2 is 2.03 bits per heavy atom. The topological polar surface area (TPSA) is 81.4 Å². The number of H-pyrrole nitrogens is 1. The first-order valence-corrected chi connectivity index (χ1v) is 10.9. The molecular formula is C21H25N4O3S+. The third kappa shape index (κ3) is 4.77. The highest BCUT2D eigenvalue weighted by molar-refractivity contribution is 7.99. The van der Waals surface area contributed by atoms with E-state index in [-0.39, 0.29) is 17.1 Å². The molecular weight excluding hydrogens is 388 g/mol. The molecule has 0 unspecified atom stereocenters.